The Balaban J connectivity index is 1.75. The largest absolute Gasteiger partial charge is 0.493 e. The molecule has 19 heavy (non-hydrogen) atoms. The smallest absolute Gasteiger partial charge is 0.228 e. The molecule has 0 saturated heterocycles. The van der Waals surface area contributed by atoms with Crippen LogP contribution in [-0.2, 0) is 4.79 Å². The van der Waals surface area contributed by atoms with E-state index in [2.05, 4.69) is 10.3 Å². The summed E-state index contributed by atoms with van der Waals surface area (Å²) in [5.41, 5.74) is 1.13. The number of carbonyl (C=O) groups is 1. The number of carbonyl (C=O) groups excluding carboxylic acids is 1. The summed E-state index contributed by atoms with van der Waals surface area (Å²) in [5, 5.41) is 2.71. The van der Waals surface area contributed by atoms with E-state index in [-0.39, 0.29) is 5.91 Å². The number of hydrogen-bond acceptors (Lipinski definition) is 3. The Morgan fingerprint density at radius 1 is 1.26 bits per heavy atom. The van der Waals surface area contributed by atoms with Crippen LogP contribution in [0, 0.1) is 6.92 Å². The zero-order valence-electron chi connectivity index (χ0n) is 10.8. The highest BCUT2D eigenvalue weighted by Crippen LogP contribution is 2.12. The quantitative estimate of drug-likeness (QED) is 0.895. The van der Waals surface area contributed by atoms with E-state index < -0.39 is 0 Å². The Bertz CT molecular complexity index is 541. The first-order chi connectivity index (χ1) is 9.24. The molecule has 0 saturated carbocycles. The van der Waals surface area contributed by atoms with Crippen molar-refractivity contribution in [1.82, 2.24) is 4.98 Å². The van der Waals surface area contributed by atoms with Crippen LogP contribution < -0.4 is 10.1 Å². The summed E-state index contributed by atoms with van der Waals surface area (Å²) < 4.78 is 5.51. The van der Waals surface area contributed by atoms with E-state index in [1.54, 1.807) is 18.3 Å². The molecule has 2 rings (SSSR count). The lowest BCUT2D eigenvalue weighted by atomic mass is 10.2. The van der Waals surface area contributed by atoms with Crippen LogP contribution in [0.2, 0.25) is 0 Å². The summed E-state index contributed by atoms with van der Waals surface area (Å²) in [6, 6.07) is 13.1. The van der Waals surface area contributed by atoms with Crippen LogP contribution in [0.3, 0.4) is 0 Å². The number of hydrogen-bond donors (Lipinski definition) is 1. The van der Waals surface area contributed by atoms with Crippen LogP contribution in [0.25, 0.3) is 0 Å². The Hall–Kier alpha value is -2.36. The molecular weight excluding hydrogens is 240 g/mol. The van der Waals surface area contributed by atoms with Gasteiger partial charge in [-0.05, 0) is 36.8 Å². The van der Waals surface area contributed by atoms with Gasteiger partial charge in [-0.3, -0.25) is 4.79 Å². The van der Waals surface area contributed by atoms with Crippen LogP contribution in [0.15, 0.2) is 48.7 Å². The van der Waals surface area contributed by atoms with Gasteiger partial charge in [-0.1, -0.05) is 18.2 Å². The Labute approximate surface area is 112 Å². The van der Waals surface area contributed by atoms with E-state index in [1.807, 2.05) is 37.3 Å². The predicted octanol–water partition coefficient (Wildman–Crippen LogP) is 2.80. The summed E-state index contributed by atoms with van der Waals surface area (Å²) in [5.74, 6) is 1.24. The van der Waals surface area contributed by atoms with Crippen LogP contribution in [0.5, 0.6) is 5.75 Å². The van der Waals surface area contributed by atoms with Gasteiger partial charge in [0.15, 0.2) is 0 Å². The van der Waals surface area contributed by atoms with Crippen molar-refractivity contribution in [2.45, 2.75) is 13.3 Å². The highest BCUT2D eigenvalue weighted by molar-refractivity contribution is 5.89. The Morgan fingerprint density at radius 3 is 2.89 bits per heavy atom. The van der Waals surface area contributed by atoms with E-state index >= 15 is 0 Å². The summed E-state index contributed by atoms with van der Waals surface area (Å²) >= 11 is 0. The van der Waals surface area contributed by atoms with Crippen molar-refractivity contribution >= 4 is 11.7 Å². The normalized spacial score (nSPS) is 9.95. The Morgan fingerprint density at radius 2 is 2.16 bits per heavy atom. The SMILES string of the molecule is Cc1cccc(OCCC(=O)Nc2ccccn2)c1. The average molecular weight is 256 g/mol. The minimum Gasteiger partial charge on any atom is -0.493 e. The van der Waals surface area contributed by atoms with Gasteiger partial charge in [-0.25, -0.2) is 4.98 Å². The second-order valence-corrected chi connectivity index (χ2v) is 4.18. The van der Waals surface area contributed by atoms with Crippen LogP contribution in [-0.4, -0.2) is 17.5 Å². The van der Waals surface area contributed by atoms with Crippen molar-refractivity contribution in [3.05, 3.63) is 54.2 Å². The number of aromatic nitrogens is 1. The van der Waals surface area contributed by atoms with Gasteiger partial charge in [-0.15, -0.1) is 0 Å². The van der Waals surface area contributed by atoms with Gasteiger partial charge < -0.3 is 10.1 Å². The number of anilines is 1. The molecule has 0 radical (unpaired) electrons. The van der Waals surface area contributed by atoms with Crippen molar-refractivity contribution < 1.29 is 9.53 Å². The molecule has 0 unspecified atom stereocenters. The first kappa shape index (κ1) is 13.1. The summed E-state index contributed by atoms with van der Waals surface area (Å²) in [6.45, 7) is 2.35. The molecule has 2 aromatic rings. The van der Waals surface area contributed by atoms with Gasteiger partial charge in [0.25, 0.3) is 0 Å². The molecule has 98 valence electrons. The minimum atomic E-state index is -0.105. The van der Waals surface area contributed by atoms with E-state index in [4.69, 9.17) is 4.74 Å². The summed E-state index contributed by atoms with van der Waals surface area (Å²) in [6.07, 6.45) is 1.93. The fourth-order valence-electron chi connectivity index (χ4n) is 1.61. The van der Waals surface area contributed by atoms with Crippen molar-refractivity contribution in [3.63, 3.8) is 0 Å². The lowest BCUT2D eigenvalue weighted by Crippen LogP contribution is -2.15. The van der Waals surface area contributed by atoms with E-state index in [0.29, 0.717) is 18.8 Å². The lowest BCUT2D eigenvalue weighted by molar-refractivity contribution is -0.116. The highest BCUT2D eigenvalue weighted by atomic mass is 16.5. The number of aryl methyl sites for hydroxylation is 1. The zero-order valence-corrected chi connectivity index (χ0v) is 10.8. The van der Waals surface area contributed by atoms with Crippen LogP contribution >= 0.6 is 0 Å². The number of pyridine rings is 1. The maximum Gasteiger partial charge on any atom is 0.228 e. The van der Waals surface area contributed by atoms with Gasteiger partial charge in [0.1, 0.15) is 11.6 Å². The van der Waals surface area contributed by atoms with Crippen molar-refractivity contribution in [2.24, 2.45) is 0 Å². The van der Waals surface area contributed by atoms with Crippen molar-refractivity contribution in [2.75, 3.05) is 11.9 Å². The number of rotatable bonds is 5. The maximum absolute atomic E-state index is 11.6. The molecule has 4 heteroatoms. The topological polar surface area (TPSA) is 51.2 Å². The predicted molar refractivity (Wildman–Crippen MR) is 74.2 cm³/mol. The van der Waals surface area contributed by atoms with E-state index in [1.165, 1.54) is 0 Å². The Kier molecular flexibility index (Phi) is 4.50. The molecule has 1 heterocycles. The molecule has 0 bridgehead atoms. The molecule has 1 aromatic heterocycles. The molecule has 0 spiro atoms. The standard InChI is InChI=1S/C15H16N2O2/c1-12-5-4-6-13(11-12)19-10-8-15(18)17-14-7-2-3-9-16-14/h2-7,9,11H,8,10H2,1H3,(H,16,17,18). The molecule has 1 aromatic carbocycles. The molecule has 0 aliphatic heterocycles. The van der Waals surface area contributed by atoms with Gasteiger partial charge in [0, 0.05) is 6.20 Å². The molecule has 0 aliphatic carbocycles. The van der Waals surface area contributed by atoms with Crippen molar-refractivity contribution in [3.8, 4) is 5.75 Å². The second-order valence-electron chi connectivity index (χ2n) is 4.18. The van der Waals surface area contributed by atoms with E-state index in [0.717, 1.165) is 11.3 Å². The number of nitrogens with one attached hydrogen (secondary N) is 1. The fraction of sp³-hybridized carbons (Fsp3) is 0.200. The van der Waals surface area contributed by atoms with E-state index in [9.17, 15) is 4.79 Å². The third-order valence-corrected chi connectivity index (χ3v) is 2.52. The molecule has 0 atom stereocenters. The molecule has 0 aliphatic rings. The maximum atomic E-state index is 11.6. The molecule has 0 fully saturated rings. The number of nitrogens with zero attached hydrogens (tertiary/aromatic N) is 1. The first-order valence-electron chi connectivity index (χ1n) is 6.14. The fourth-order valence-corrected chi connectivity index (χ4v) is 1.61. The third kappa shape index (κ3) is 4.43. The summed E-state index contributed by atoms with van der Waals surface area (Å²) in [7, 11) is 0. The minimum absolute atomic E-state index is 0.105. The third-order valence-electron chi connectivity index (χ3n) is 2.52. The number of amides is 1. The lowest BCUT2D eigenvalue weighted by Gasteiger charge is -2.07. The van der Waals surface area contributed by atoms with Crippen LogP contribution in [0.4, 0.5) is 5.82 Å². The van der Waals surface area contributed by atoms with Gasteiger partial charge in [-0.2, -0.15) is 0 Å². The molecule has 1 amide bonds. The second kappa shape index (κ2) is 6.54. The number of benzene rings is 1. The molecule has 1 N–H and O–H groups in total. The first-order valence-corrected chi connectivity index (χ1v) is 6.14. The average Bonchev–Trinajstić information content (AvgIpc) is 2.40. The number of ether oxygens (including phenoxy) is 1. The zero-order chi connectivity index (χ0) is 13.5. The van der Waals surface area contributed by atoms with Gasteiger partial charge in [0.05, 0.1) is 13.0 Å². The van der Waals surface area contributed by atoms with Crippen LogP contribution in [0.1, 0.15) is 12.0 Å². The summed E-state index contributed by atoms with van der Waals surface area (Å²) in [4.78, 5) is 15.7. The van der Waals surface area contributed by atoms with Gasteiger partial charge >= 0.3 is 0 Å². The van der Waals surface area contributed by atoms with Crippen molar-refractivity contribution in [1.29, 1.82) is 0 Å². The molecular formula is C15H16N2O2. The highest BCUT2D eigenvalue weighted by Gasteiger charge is 2.03. The monoisotopic (exact) mass is 256 g/mol. The molecule has 4 nitrogen and oxygen atoms in total. The van der Waals surface area contributed by atoms with Gasteiger partial charge in [0.2, 0.25) is 5.91 Å².